The molecule has 0 spiro atoms. The highest BCUT2D eigenvalue weighted by molar-refractivity contribution is 5.85. The van der Waals surface area contributed by atoms with Crippen molar-refractivity contribution in [3.8, 4) is 0 Å². The molecule has 27 heavy (non-hydrogen) atoms. The number of Topliss-reactive ketones (excluding diaryl/α,β-unsaturated/α-hetero) is 1. The smallest absolute Gasteiger partial charge is 0.331 e. The fourth-order valence-corrected chi connectivity index (χ4v) is 8.20. The Bertz CT molecular complexity index is 726. The number of aliphatic hydroxyl groups is 1. The molecule has 1 heterocycles. The van der Waals surface area contributed by atoms with Gasteiger partial charge < -0.3 is 9.84 Å². The molecule has 4 nitrogen and oxygen atoms in total. The van der Waals surface area contributed by atoms with E-state index in [1.165, 1.54) is 0 Å². The van der Waals surface area contributed by atoms with Crippen molar-refractivity contribution >= 4 is 11.8 Å². The largest absolute Gasteiger partial charge is 0.458 e. The third-order valence-electron chi connectivity index (χ3n) is 9.80. The molecule has 1 aliphatic heterocycles. The maximum atomic E-state index is 12.1. The van der Waals surface area contributed by atoms with Crippen LogP contribution in [0, 0.1) is 34.5 Å². The monoisotopic (exact) mass is 372 g/mol. The molecule has 0 amide bonds. The van der Waals surface area contributed by atoms with Crippen LogP contribution in [-0.4, -0.2) is 29.1 Å². The average molecular weight is 373 g/mol. The second-order valence-electron chi connectivity index (χ2n) is 10.5. The first-order valence-electron chi connectivity index (χ1n) is 10.9. The summed E-state index contributed by atoms with van der Waals surface area (Å²) in [7, 11) is 0. The van der Waals surface area contributed by atoms with Gasteiger partial charge in [0.05, 0.1) is 5.60 Å². The summed E-state index contributed by atoms with van der Waals surface area (Å²) in [6, 6.07) is 0. The van der Waals surface area contributed by atoms with Gasteiger partial charge in [-0.2, -0.15) is 0 Å². The van der Waals surface area contributed by atoms with Crippen molar-refractivity contribution in [1.82, 2.24) is 0 Å². The molecular formula is C23H32O4. The van der Waals surface area contributed by atoms with Gasteiger partial charge in [-0.25, -0.2) is 4.79 Å². The minimum Gasteiger partial charge on any atom is -0.458 e. The van der Waals surface area contributed by atoms with Crippen molar-refractivity contribution in [2.45, 2.75) is 77.2 Å². The summed E-state index contributed by atoms with van der Waals surface area (Å²) in [5.74, 6) is 1.83. The van der Waals surface area contributed by atoms with E-state index in [-0.39, 0.29) is 22.7 Å². The zero-order valence-electron chi connectivity index (χ0n) is 16.6. The molecule has 0 aromatic rings. The van der Waals surface area contributed by atoms with Gasteiger partial charge in [0.25, 0.3) is 0 Å². The first-order chi connectivity index (χ1) is 12.8. The average Bonchev–Trinajstić information content (AvgIpc) is 3.16. The van der Waals surface area contributed by atoms with E-state index in [1.807, 2.05) is 0 Å². The Labute approximate surface area is 161 Å². The number of cyclic esters (lactones) is 1. The van der Waals surface area contributed by atoms with E-state index in [2.05, 4.69) is 13.8 Å². The van der Waals surface area contributed by atoms with Gasteiger partial charge in [0, 0.05) is 24.3 Å². The molecule has 5 aliphatic rings. The first-order valence-corrected chi connectivity index (χ1v) is 10.9. The van der Waals surface area contributed by atoms with Gasteiger partial charge in [-0.15, -0.1) is 0 Å². The molecule has 0 unspecified atom stereocenters. The number of carbonyl (C=O) groups is 2. The van der Waals surface area contributed by atoms with Crippen molar-refractivity contribution in [2.75, 3.05) is 6.61 Å². The molecule has 5 rings (SSSR count). The van der Waals surface area contributed by atoms with E-state index in [4.69, 9.17) is 4.74 Å². The predicted molar refractivity (Wildman–Crippen MR) is 101 cm³/mol. The molecule has 7 atom stereocenters. The molecule has 4 saturated carbocycles. The van der Waals surface area contributed by atoms with Crippen molar-refractivity contribution < 1.29 is 19.4 Å². The Morgan fingerprint density at radius 3 is 2.59 bits per heavy atom. The fraction of sp³-hybridized carbons (Fsp3) is 0.826. The number of esters is 1. The second kappa shape index (κ2) is 5.68. The normalized spacial score (nSPS) is 51.9. The Balaban J connectivity index is 1.48. The fourth-order valence-electron chi connectivity index (χ4n) is 8.20. The maximum absolute atomic E-state index is 12.1. The van der Waals surface area contributed by atoms with E-state index >= 15 is 0 Å². The van der Waals surface area contributed by atoms with Gasteiger partial charge in [-0.3, -0.25) is 4.79 Å². The second-order valence-corrected chi connectivity index (χ2v) is 10.5. The third kappa shape index (κ3) is 2.25. The summed E-state index contributed by atoms with van der Waals surface area (Å²) in [5.41, 5.74) is 0.488. The molecule has 0 saturated heterocycles. The SMILES string of the molecule is C[C@]12CCC(=O)C[C@@H]1CC[C@@H]1[C@@H]2CC[C@]2(C)[C@@H](C3=CC(=O)OC3)CC[C@]12O. The number of ether oxygens (including phenoxy) is 1. The molecule has 4 aliphatic carbocycles. The summed E-state index contributed by atoms with van der Waals surface area (Å²) < 4.78 is 5.19. The van der Waals surface area contributed by atoms with Crippen LogP contribution >= 0.6 is 0 Å². The van der Waals surface area contributed by atoms with Crippen molar-refractivity contribution in [3.05, 3.63) is 11.6 Å². The summed E-state index contributed by atoms with van der Waals surface area (Å²) in [4.78, 5) is 23.7. The van der Waals surface area contributed by atoms with Crippen molar-refractivity contribution in [1.29, 1.82) is 0 Å². The number of hydrogen-bond acceptors (Lipinski definition) is 4. The summed E-state index contributed by atoms with van der Waals surface area (Å²) in [5, 5.41) is 12.1. The highest BCUT2D eigenvalue weighted by Gasteiger charge is 2.67. The lowest BCUT2D eigenvalue weighted by Gasteiger charge is -2.63. The zero-order valence-corrected chi connectivity index (χ0v) is 16.6. The van der Waals surface area contributed by atoms with E-state index in [0.29, 0.717) is 30.1 Å². The van der Waals surface area contributed by atoms with Gasteiger partial charge in [-0.05, 0) is 79.6 Å². The highest BCUT2D eigenvalue weighted by atomic mass is 16.5. The topological polar surface area (TPSA) is 63.6 Å². The van der Waals surface area contributed by atoms with Gasteiger partial charge in [0.15, 0.2) is 0 Å². The molecule has 0 aromatic heterocycles. The van der Waals surface area contributed by atoms with Crippen molar-refractivity contribution in [3.63, 3.8) is 0 Å². The Morgan fingerprint density at radius 2 is 1.85 bits per heavy atom. The Hall–Kier alpha value is -1.16. The van der Waals surface area contributed by atoms with E-state index in [1.54, 1.807) is 6.08 Å². The molecular weight excluding hydrogens is 340 g/mol. The summed E-state index contributed by atoms with van der Waals surface area (Å²) in [6.07, 6.45) is 10.2. The number of hydrogen-bond donors (Lipinski definition) is 1. The highest BCUT2D eigenvalue weighted by Crippen LogP contribution is 2.69. The molecule has 4 fully saturated rings. The molecule has 0 radical (unpaired) electrons. The van der Waals surface area contributed by atoms with Crippen LogP contribution in [0.1, 0.15) is 71.6 Å². The molecule has 0 aromatic carbocycles. The predicted octanol–water partition coefficient (Wildman–Crippen LogP) is 3.81. The summed E-state index contributed by atoms with van der Waals surface area (Å²) >= 11 is 0. The first kappa shape index (κ1) is 17.9. The van der Waals surface area contributed by atoms with Crippen LogP contribution in [0.3, 0.4) is 0 Å². The van der Waals surface area contributed by atoms with E-state index in [0.717, 1.165) is 63.4 Å². The minimum atomic E-state index is -0.650. The van der Waals surface area contributed by atoms with Crippen molar-refractivity contribution in [2.24, 2.45) is 34.5 Å². The lowest BCUT2D eigenvalue weighted by molar-refractivity contribution is -0.203. The number of ketones is 1. The number of rotatable bonds is 1. The van der Waals surface area contributed by atoms with Gasteiger partial charge in [0.2, 0.25) is 0 Å². The lowest BCUT2D eigenvalue weighted by atomic mass is 9.43. The van der Waals surface area contributed by atoms with Crippen LogP contribution in [0.4, 0.5) is 0 Å². The Morgan fingerprint density at radius 1 is 1.04 bits per heavy atom. The van der Waals surface area contributed by atoms with Gasteiger partial charge in [0.1, 0.15) is 12.4 Å². The zero-order chi connectivity index (χ0) is 19.0. The van der Waals surface area contributed by atoms with E-state index in [9.17, 15) is 14.7 Å². The van der Waals surface area contributed by atoms with Crippen LogP contribution in [0.5, 0.6) is 0 Å². The molecule has 4 heteroatoms. The van der Waals surface area contributed by atoms with Crippen LogP contribution in [-0.2, 0) is 14.3 Å². The Kier molecular flexibility index (Phi) is 3.77. The molecule has 0 bridgehead atoms. The van der Waals surface area contributed by atoms with Gasteiger partial charge >= 0.3 is 5.97 Å². The third-order valence-corrected chi connectivity index (χ3v) is 9.80. The number of carbonyl (C=O) groups excluding carboxylic acids is 2. The van der Waals surface area contributed by atoms with Crippen LogP contribution in [0.25, 0.3) is 0 Å². The minimum absolute atomic E-state index is 0.165. The van der Waals surface area contributed by atoms with Crippen LogP contribution in [0.15, 0.2) is 11.6 Å². The van der Waals surface area contributed by atoms with Crippen LogP contribution in [0.2, 0.25) is 0 Å². The van der Waals surface area contributed by atoms with E-state index < -0.39 is 5.60 Å². The maximum Gasteiger partial charge on any atom is 0.331 e. The van der Waals surface area contributed by atoms with Crippen LogP contribution < -0.4 is 0 Å². The quantitative estimate of drug-likeness (QED) is 0.711. The van der Waals surface area contributed by atoms with Gasteiger partial charge in [-0.1, -0.05) is 13.8 Å². The molecule has 148 valence electrons. The lowest BCUT2D eigenvalue weighted by Crippen LogP contribution is -2.62. The number of fused-ring (bicyclic) bond motifs is 5. The molecule has 1 N–H and O–H groups in total. The standard InChI is InChI=1S/C23H32O4/c1-21-8-5-16(24)12-15(21)3-4-19-18(21)6-9-22(2)17(7-10-23(19,22)26)14-11-20(25)27-13-14/h11,15,17-19,26H,3-10,12-13H2,1-2H3/t15-,17+,18-,19+,21-,22+,23-/m0/s1. The summed E-state index contributed by atoms with van der Waals surface area (Å²) in [6.45, 7) is 5.08.